The van der Waals surface area contributed by atoms with Gasteiger partial charge in [0.05, 0.1) is 20.7 Å². The fourth-order valence-electron chi connectivity index (χ4n) is 1.89. The molecule has 0 amide bonds. The van der Waals surface area contributed by atoms with E-state index >= 15 is 0 Å². The smallest absolute Gasteiger partial charge is 0.180 e. The van der Waals surface area contributed by atoms with E-state index in [0.29, 0.717) is 23.5 Å². The number of anilines is 1. The normalized spacial score (nSPS) is 11.5. The van der Waals surface area contributed by atoms with Crippen molar-refractivity contribution in [1.29, 1.82) is 0 Å². The van der Waals surface area contributed by atoms with Gasteiger partial charge in [0.15, 0.2) is 9.84 Å². The summed E-state index contributed by atoms with van der Waals surface area (Å²) in [7, 11) is -3.23. The van der Waals surface area contributed by atoms with Crippen LogP contribution in [0.2, 0.25) is 4.34 Å². The summed E-state index contributed by atoms with van der Waals surface area (Å²) in [6.07, 6.45) is 0.608. The molecular formula is C14H16ClNO2S2. The quantitative estimate of drug-likeness (QED) is 0.864. The Kier molecular flexibility index (Phi) is 5.07. The zero-order chi connectivity index (χ0) is 14.6. The highest BCUT2D eigenvalue weighted by atomic mass is 35.5. The van der Waals surface area contributed by atoms with Crippen molar-refractivity contribution in [2.75, 3.05) is 11.1 Å². The largest absolute Gasteiger partial charge is 0.379 e. The van der Waals surface area contributed by atoms with Gasteiger partial charge in [-0.15, -0.1) is 11.3 Å². The summed E-state index contributed by atoms with van der Waals surface area (Å²) in [6.45, 7) is 2.43. The van der Waals surface area contributed by atoms with E-state index in [1.807, 2.05) is 25.1 Å². The van der Waals surface area contributed by atoms with E-state index in [1.165, 1.54) is 11.3 Å². The number of hydrogen-bond acceptors (Lipinski definition) is 4. The number of nitrogens with one attached hydrogen (secondary N) is 1. The Labute approximate surface area is 128 Å². The maximum atomic E-state index is 12.2. The molecule has 3 nitrogen and oxygen atoms in total. The van der Waals surface area contributed by atoms with E-state index in [4.69, 9.17) is 11.6 Å². The van der Waals surface area contributed by atoms with Crippen LogP contribution in [0.5, 0.6) is 0 Å². The third kappa shape index (κ3) is 3.75. The SMILES string of the molecule is CCCS(=O)(=O)c1ccccc1NCc1ccc(Cl)s1. The molecule has 1 N–H and O–H groups in total. The van der Waals surface area contributed by atoms with Gasteiger partial charge in [-0.25, -0.2) is 8.42 Å². The first-order valence-corrected chi connectivity index (χ1v) is 9.17. The molecular weight excluding hydrogens is 314 g/mol. The Hall–Kier alpha value is -1.04. The molecule has 0 bridgehead atoms. The van der Waals surface area contributed by atoms with Gasteiger partial charge in [0.2, 0.25) is 0 Å². The summed E-state index contributed by atoms with van der Waals surface area (Å²) in [5.41, 5.74) is 0.644. The van der Waals surface area contributed by atoms with E-state index in [-0.39, 0.29) is 5.75 Å². The fraction of sp³-hybridized carbons (Fsp3) is 0.286. The van der Waals surface area contributed by atoms with Gasteiger partial charge in [-0.1, -0.05) is 30.7 Å². The average Bonchev–Trinajstić information content (AvgIpc) is 2.82. The second-order valence-corrected chi connectivity index (χ2v) is 8.25. The molecule has 0 unspecified atom stereocenters. The molecule has 0 saturated heterocycles. The van der Waals surface area contributed by atoms with E-state index in [1.54, 1.807) is 18.2 Å². The molecule has 0 aliphatic carbocycles. The zero-order valence-electron chi connectivity index (χ0n) is 11.1. The number of rotatable bonds is 6. The highest BCUT2D eigenvalue weighted by Gasteiger charge is 2.17. The second kappa shape index (κ2) is 6.61. The first-order valence-electron chi connectivity index (χ1n) is 6.33. The summed E-state index contributed by atoms with van der Waals surface area (Å²) >= 11 is 7.37. The van der Waals surface area contributed by atoms with Crippen molar-refractivity contribution in [2.24, 2.45) is 0 Å². The van der Waals surface area contributed by atoms with Crippen molar-refractivity contribution in [3.8, 4) is 0 Å². The zero-order valence-corrected chi connectivity index (χ0v) is 13.5. The number of hydrogen-bond donors (Lipinski definition) is 1. The number of para-hydroxylation sites is 1. The molecule has 0 saturated carbocycles. The monoisotopic (exact) mass is 329 g/mol. The molecule has 0 radical (unpaired) electrons. The Morgan fingerprint density at radius 1 is 1.20 bits per heavy atom. The first kappa shape index (κ1) is 15.4. The Morgan fingerprint density at radius 2 is 1.95 bits per heavy atom. The van der Waals surface area contributed by atoms with Crippen molar-refractivity contribution in [3.05, 3.63) is 45.6 Å². The molecule has 108 valence electrons. The molecule has 0 spiro atoms. The third-order valence-electron chi connectivity index (χ3n) is 2.78. The molecule has 1 aromatic heterocycles. The van der Waals surface area contributed by atoms with Crippen LogP contribution < -0.4 is 5.32 Å². The van der Waals surface area contributed by atoms with Crippen LogP contribution in [0.1, 0.15) is 18.2 Å². The lowest BCUT2D eigenvalue weighted by atomic mass is 10.3. The first-order chi connectivity index (χ1) is 9.53. The van der Waals surface area contributed by atoms with Crippen LogP contribution in [0.3, 0.4) is 0 Å². The minimum Gasteiger partial charge on any atom is -0.379 e. The van der Waals surface area contributed by atoms with Crippen LogP contribution in [-0.2, 0) is 16.4 Å². The average molecular weight is 330 g/mol. The van der Waals surface area contributed by atoms with Gasteiger partial charge in [-0.3, -0.25) is 0 Å². The van der Waals surface area contributed by atoms with E-state index in [2.05, 4.69) is 5.32 Å². The lowest BCUT2D eigenvalue weighted by molar-refractivity contribution is 0.595. The Balaban J connectivity index is 2.20. The van der Waals surface area contributed by atoms with Gasteiger partial charge in [-0.2, -0.15) is 0 Å². The summed E-state index contributed by atoms with van der Waals surface area (Å²) in [6, 6.07) is 10.8. The molecule has 0 aliphatic heterocycles. The minimum absolute atomic E-state index is 0.163. The molecule has 0 fully saturated rings. The van der Waals surface area contributed by atoms with Crippen molar-refractivity contribution >= 4 is 38.5 Å². The fourth-order valence-corrected chi connectivity index (χ4v) is 4.44. The van der Waals surface area contributed by atoms with Crippen LogP contribution in [0, 0.1) is 0 Å². The van der Waals surface area contributed by atoms with Crippen LogP contribution in [0.25, 0.3) is 0 Å². The number of benzene rings is 1. The maximum absolute atomic E-state index is 12.2. The van der Waals surface area contributed by atoms with E-state index < -0.39 is 9.84 Å². The molecule has 1 aromatic carbocycles. The van der Waals surface area contributed by atoms with Gasteiger partial charge in [0.25, 0.3) is 0 Å². The van der Waals surface area contributed by atoms with Gasteiger partial charge in [0, 0.05) is 11.4 Å². The summed E-state index contributed by atoms with van der Waals surface area (Å²) in [4.78, 5) is 1.43. The van der Waals surface area contributed by atoms with Gasteiger partial charge in [0.1, 0.15) is 0 Å². The van der Waals surface area contributed by atoms with Crippen molar-refractivity contribution in [3.63, 3.8) is 0 Å². The minimum atomic E-state index is -3.23. The second-order valence-electron chi connectivity index (χ2n) is 4.37. The van der Waals surface area contributed by atoms with Crippen LogP contribution in [0.15, 0.2) is 41.3 Å². The van der Waals surface area contributed by atoms with E-state index in [9.17, 15) is 8.42 Å². The summed E-state index contributed by atoms with van der Waals surface area (Å²) in [5.74, 6) is 0.163. The predicted molar refractivity (Wildman–Crippen MR) is 85.4 cm³/mol. The van der Waals surface area contributed by atoms with Crippen LogP contribution >= 0.6 is 22.9 Å². The van der Waals surface area contributed by atoms with Crippen molar-refractivity contribution in [1.82, 2.24) is 0 Å². The molecule has 1 heterocycles. The van der Waals surface area contributed by atoms with Crippen LogP contribution in [0.4, 0.5) is 5.69 Å². The lowest BCUT2D eigenvalue weighted by Gasteiger charge is -2.11. The highest BCUT2D eigenvalue weighted by molar-refractivity contribution is 7.91. The predicted octanol–water partition coefficient (Wildman–Crippen LogP) is 4.20. The Morgan fingerprint density at radius 3 is 2.60 bits per heavy atom. The molecule has 20 heavy (non-hydrogen) atoms. The van der Waals surface area contributed by atoms with Gasteiger partial charge < -0.3 is 5.32 Å². The van der Waals surface area contributed by atoms with Gasteiger partial charge in [-0.05, 0) is 30.7 Å². The molecule has 2 aromatic rings. The molecule has 0 aliphatic rings. The van der Waals surface area contributed by atoms with Crippen molar-refractivity contribution < 1.29 is 8.42 Å². The van der Waals surface area contributed by atoms with Crippen LogP contribution in [-0.4, -0.2) is 14.2 Å². The molecule has 2 rings (SSSR count). The topological polar surface area (TPSA) is 46.2 Å². The summed E-state index contributed by atoms with van der Waals surface area (Å²) in [5, 5.41) is 3.18. The maximum Gasteiger partial charge on any atom is 0.180 e. The standard InChI is InChI=1S/C14H16ClNO2S2/c1-2-9-20(17,18)13-6-4-3-5-12(13)16-10-11-7-8-14(15)19-11/h3-8,16H,2,9-10H2,1H3. The number of halogens is 1. The van der Waals surface area contributed by atoms with Crippen molar-refractivity contribution in [2.45, 2.75) is 24.8 Å². The highest BCUT2D eigenvalue weighted by Crippen LogP contribution is 2.25. The number of sulfone groups is 1. The van der Waals surface area contributed by atoms with Gasteiger partial charge >= 0.3 is 0 Å². The summed E-state index contributed by atoms with van der Waals surface area (Å²) < 4.78 is 25.2. The Bertz CT molecular complexity index is 680. The molecule has 0 atom stereocenters. The third-order valence-corrected chi connectivity index (χ3v) is 5.98. The number of thiophene rings is 1. The molecule has 6 heteroatoms. The van der Waals surface area contributed by atoms with E-state index in [0.717, 1.165) is 9.21 Å². The lowest BCUT2D eigenvalue weighted by Crippen LogP contribution is -2.10.